The molecular formula is C12H19NO3S. The summed E-state index contributed by atoms with van der Waals surface area (Å²) >= 11 is 0. The van der Waals surface area contributed by atoms with Gasteiger partial charge in [0.25, 0.3) is 10.1 Å². The van der Waals surface area contributed by atoms with E-state index >= 15 is 0 Å². The number of rotatable bonds is 7. The Morgan fingerprint density at radius 1 is 1.18 bits per heavy atom. The van der Waals surface area contributed by atoms with Crippen molar-refractivity contribution in [2.24, 2.45) is 0 Å². The number of hydrogen-bond donors (Lipinski definition) is 2. The molecule has 0 aliphatic carbocycles. The molecular weight excluding hydrogens is 238 g/mol. The van der Waals surface area contributed by atoms with Gasteiger partial charge in [0.1, 0.15) is 0 Å². The highest BCUT2D eigenvalue weighted by Crippen LogP contribution is 2.02. The maximum Gasteiger partial charge on any atom is 0.264 e. The summed E-state index contributed by atoms with van der Waals surface area (Å²) in [6.07, 6.45) is 1.23. The van der Waals surface area contributed by atoms with Crippen LogP contribution in [0.5, 0.6) is 0 Å². The van der Waals surface area contributed by atoms with Gasteiger partial charge in [-0.25, -0.2) is 0 Å². The Morgan fingerprint density at radius 2 is 1.82 bits per heavy atom. The number of nitrogens with one attached hydrogen (secondary N) is 1. The van der Waals surface area contributed by atoms with Crippen molar-refractivity contribution in [3.05, 3.63) is 35.4 Å². The van der Waals surface area contributed by atoms with Crippen LogP contribution in [0.25, 0.3) is 0 Å². The lowest BCUT2D eigenvalue weighted by Crippen LogP contribution is -2.15. The molecule has 0 amide bonds. The van der Waals surface area contributed by atoms with Crippen molar-refractivity contribution in [2.45, 2.75) is 26.3 Å². The number of benzene rings is 1. The fourth-order valence-electron chi connectivity index (χ4n) is 1.47. The maximum absolute atomic E-state index is 10.5. The molecule has 0 aliphatic rings. The third-order valence-electron chi connectivity index (χ3n) is 2.46. The predicted molar refractivity (Wildman–Crippen MR) is 68.5 cm³/mol. The highest BCUT2D eigenvalue weighted by atomic mass is 32.2. The third kappa shape index (κ3) is 7.10. The van der Waals surface area contributed by atoms with Gasteiger partial charge in [-0.1, -0.05) is 29.8 Å². The summed E-state index contributed by atoms with van der Waals surface area (Å²) in [5, 5.41) is 3.23. The minimum absolute atomic E-state index is 0.154. The van der Waals surface area contributed by atoms with E-state index in [-0.39, 0.29) is 5.75 Å². The van der Waals surface area contributed by atoms with Crippen LogP contribution >= 0.6 is 0 Å². The molecule has 96 valence electrons. The molecule has 2 N–H and O–H groups in total. The first-order chi connectivity index (χ1) is 7.97. The smallest absolute Gasteiger partial charge is 0.264 e. The highest BCUT2D eigenvalue weighted by Gasteiger charge is 2.02. The lowest BCUT2D eigenvalue weighted by molar-refractivity contribution is 0.479. The van der Waals surface area contributed by atoms with Gasteiger partial charge in [0.2, 0.25) is 0 Å². The minimum Gasteiger partial charge on any atom is -0.313 e. The van der Waals surface area contributed by atoms with E-state index in [0.717, 1.165) is 19.5 Å². The van der Waals surface area contributed by atoms with Gasteiger partial charge in [-0.2, -0.15) is 8.42 Å². The van der Waals surface area contributed by atoms with Gasteiger partial charge in [0, 0.05) is 6.54 Å². The van der Waals surface area contributed by atoms with Gasteiger partial charge >= 0.3 is 0 Å². The van der Waals surface area contributed by atoms with Crippen LogP contribution in [-0.2, 0) is 16.7 Å². The Labute approximate surface area is 103 Å². The summed E-state index contributed by atoms with van der Waals surface area (Å²) in [5.74, 6) is -0.154. The molecule has 4 nitrogen and oxygen atoms in total. The number of unbranched alkanes of at least 4 members (excludes halogenated alkanes) is 1. The Morgan fingerprint density at radius 3 is 2.41 bits per heavy atom. The number of hydrogen-bond acceptors (Lipinski definition) is 3. The van der Waals surface area contributed by atoms with Gasteiger partial charge in [0.15, 0.2) is 0 Å². The topological polar surface area (TPSA) is 66.4 Å². The zero-order valence-corrected chi connectivity index (χ0v) is 10.8. The summed E-state index contributed by atoms with van der Waals surface area (Å²) in [6.45, 7) is 3.59. The molecule has 0 unspecified atom stereocenters. The minimum atomic E-state index is -3.80. The molecule has 0 saturated carbocycles. The first-order valence-electron chi connectivity index (χ1n) is 5.69. The van der Waals surface area contributed by atoms with Crippen molar-refractivity contribution in [3.8, 4) is 0 Å². The standard InChI is InChI=1S/C12H19NO3S/c1-11-4-6-12(7-5-11)10-13-8-2-3-9-17(14,15)16/h4-7,13H,2-3,8-10H2,1H3,(H,14,15,16). The van der Waals surface area contributed by atoms with Crippen molar-refractivity contribution < 1.29 is 13.0 Å². The summed E-state index contributed by atoms with van der Waals surface area (Å²) < 4.78 is 29.4. The Kier molecular flexibility index (Phi) is 5.61. The average Bonchev–Trinajstić information content (AvgIpc) is 2.24. The van der Waals surface area contributed by atoms with E-state index in [1.165, 1.54) is 11.1 Å². The second-order valence-electron chi connectivity index (χ2n) is 4.16. The van der Waals surface area contributed by atoms with Gasteiger partial charge in [-0.3, -0.25) is 4.55 Å². The van der Waals surface area contributed by atoms with Crippen molar-refractivity contribution in [1.29, 1.82) is 0 Å². The normalized spacial score (nSPS) is 11.6. The summed E-state index contributed by atoms with van der Waals surface area (Å²) in [6, 6.07) is 8.27. The lowest BCUT2D eigenvalue weighted by atomic mass is 10.1. The molecule has 0 aliphatic heterocycles. The maximum atomic E-state index is 10.5. The van der Waals surface area contributed by atoms with E-state index in [4.69, 9.17) is 4.55 Å². The molecule has 0 fully saturated rings. The summed E-state index contributed by atoms with van der Waals surface area (Å²) in [4.78, 5) is 0. The summed E-state index contributed by atoms with van der Waals surface area (Å²) in [5.41, 5.74) is 2.45. The summed E-state index contributed by atoms with van der Waals surface area (Å²) in [7, 11) is -3.80. The van der Waals surface area contributed by atoms with Crippen LogP contribution in [0.3, 0.4) is 0 Å². The van der Waals surface area contributed by atoms with E-state index in [9.17, 15) is 8.42 Å². The number of aryl methyl sites for hydroxylation is 1. The Hall–Kier alpha value is -0.910. The molecule has 1 aromatic carbocycles. The Bertz CT molecular complexity index is 426. The van der Waals surface area contributed by atoms with Crippen LogP contribution in [0.15, 0.2) is 24.3 Å². The Balaban J connectivity index is 2.10. The second-order valence-corrected chi connectivity index (χ2v) is 5.73. The van der Waals surface area contributed by atoms with E-state index in [1.54, 1.807) is 0 Å². The van der Waals surface area contributed by atoms with Gasteiger partial charge < -0.3 is 5.32 Å². The van der Waals surface area contributed by atoms with Crippen LogP contribution in [0.1, 0.15) is 24.0 Å². The van der Waals surface area contributed by atoms with Crippen LogP contribution < -0.4 is 5.32 Å². The van der Waals surface area contributed by atoms with Crippen molar-refractivity contribution in [1.82, 2.24) is 5.32 Å². The van der Waals surface area contributed by atoms with E-state index in [1.807, 2.05) is 6.92 Å². The SMILES string of the molecule is Cc1ccc(CNCCCCS(=O)(=O)O)cc1. The molecule has 0 spiro atoms. The molecule has 1 rings (SSSR count). The average molecular weight is 257 g/mol. The van der Waals surface area contributed by atoms with Gasteiger partial charge in [0.05, 0.1) is 5.75 Å². The van der Waals surface area contributed by atoms with Crippen LogP contribution in [-0.4, -0.2) is 25.3 Å². The first kappa shape index (κ1) is 14.2. The predicted octanol–water partition coefficient (Wildman–Crippen LogP) is 1.75. The highest BCUT2D eigenvalue weighted by molar-refractivity contribution is 7.85. The zero-order valence-electron chi connectivity index (χ0n) is 10.0. The molecule has 0 bridgehead atoms. The van der Waals surface area contributed by atoms with Crippen LogP contribution in [0.4, 0.5) is 0 Å². The quantitative estimate of drug-likeness (QED) is 0.577. The lowest BCUT2D eigenvalue weighted by Gasteiger charge is -2.04. The van der Waals surface area contributed by atoms with Crippen molar-refractivity contribution in [2.75, 3.05) is 12.3 Å². The third-order valence-corrected chi connectivity index (χ3v) is 3.26. The molecule has 17 heavy (non-hydrogen) atoms. The fourth-order valence-corrected chi connectivity index (χ4v) is 2.04. The van der Waals surface area contributed by atoms with Crippen molar-refractivity contribution >= 4 is 10.1 Å². The van der Waals surface area contributed by atoms with E-state index in [0.29, 0.717) is 6.42 Å². The molecule has 5 heteroatoms. The molecule has 0 heterocycles. The van der Waals surface area contributed by atoms with Crippen LogP contribution in [0, 0.1) is 6.92 Å². The van der Waals surface area contributed by atoms with Gasteiger partial charge in [-0.15, -0.1) is 0 Å². The monoisotopic (exact) mass is 257 g/mol. The van der Waals surface area contributed by atoms with E-state index in [2.05, 4.69) is 29.6 Å². The second kappa shape index (κ2) is 6.74. The van der Waals surface area contributed by atoms with Gasteiger partial charge in [-0.05, 0) is 31.9 Å². The molecule has 0 aromatic heterocycles. The molecule has 0 radical (unpaired) electrons. The van der Waals surface area contributed by atoms with Crippen molar-refractivity contribution in [3.63, 3.8) is 0 Å². The van der Waals surface area contributed by atoms with Crippen LogP contribution in [0.2, 0.25) is 0 Å². The van der Waals surface area contributed by atoms with E-state index < -0.39 is 10.1 Å². The molecule has 0 atom stereocenters. The fraction of sp³-hybridized carbons (Fsp3) is 0.500. The first-order valence-corrected chi connectivity index (χ1v) is 7.30. The zero-order chi connectivity index (χ0) is 12.7. The molecule has 0 saturated heterocycles. The largest absolute Gasteiger partial charge is 0.313 e. The molecule has 1 aromatic rings.